The van der Waals surface area contributed by atoms with E-state index in [2.05, 4.69) is 20.8 Å². The zero-order valence-corrected chi connectivity index (χ0v) is 13.8. The van der Waals surface area contributed by atoms with E-state index in [1.807, 2.05) is 0 Å². The summed E-state index contributed by atoms with van der Waals surface area (Å²) in [6.07, 6.45) is 6.99. The Bertz CT molecular complexity index is 267. The molecule has 0 spiro atoms. The average molecular weight is 303 g/mol. The van der Waals surface area contributed by atoms with Gasteiger partial charge in [0.2, 0.25) is 0 Å². The van der Waals surface area contributed by atoms with Gasteiger partial charge < -0.3 is 15.9 Å². The number of hydrogen-bond donors (Lipinski definition) is 3. The Morgan fingerprint density at radius 1 is 1.00 bits per heavy atom. The minimum atomic E-state index is -0.749. The minimum absolute atomic E-state index is 0.146. The molecule has 0 aliphatic rings. The van der Waals surface area contributed by atoms with E-state index in [-0.39, 0.29) is 12.3 Å². The van der Waals surface area contributed by atoms with Gasteiger partial charge in [-0.2, -0.15) is 0 Å². The molecule has 0 fully saturated rings. The summed E-state index contributed by atoms with van der Waals surface area (Å²) in [5.41, 5.74) is 5.41. The van der Waals surface area contributed by atoms with E-state index in [0.717, 1.165) is 19.3 Å². The van der Waals surface area contributed by atoms with Gasteiger partial charge in [0.15, 0.2) is 0 Å². The van der Waals surface area contributed by atoms with Crippen LogP contribution in [0, 0.1) is 11.8 Å². The van der Waals surface area contributed by atoms with Crippen LogP contribution in [0.4, 0.5) is 0 Å². The van der Waals surface area contributed by atoms with Crippen molar-refractivity contribution in [1.82, 2.24) is 0 Å². The maximum Gasteiger partial charge on any atom is 0.303 e. The SMILES string of the molecule is CC(C)C[C@H](CN)CC(=O)O.CCCCCCCC(=O)O. The van der Waals surface area contributed by atoms with Gasteiger partial charge in [-0.3, -0.25) is 9.59 Å². The number of carboxylic acid groups (broad SMARTS) is 2. The second kappa shape index (κ2) is 15.3. The number of carboxylic acids is 2. The van der Waals surface area contributed by atoms with Gasteiger partial charge in [-0.1, -0.05) is 46.5 Å². The van der Waals surface area contributed by atoms with Crippen LogP contribution in [-0.4, -0.2) is 28.7 Å². The molecule has 0 aliphatic heterocycles. The van der Waals surface area contributed by atoms with E-state index in [0.29, 0.717) is 18.9 Å². The zero-order chi connectivity index (χ0) is 16.7. The fraction of sp³-hybridized carbons (Fsp3) is 0.875. The Kier molecular flexibility index (Phi) is 16.2. The molecule has 5 nitrogen and oxygen atoms in total. The van der Waals surface area contributed by atoms with Crippen LogP contribution >= 0.6 is 0 Å². The molecule has 0 heterocycles. The van der Waals surface area contributed by atoms with E-state index < -0.39 is 11.9 Å². The molecule has 126 valence electrons. The highest BCUT2D eigenvalue weighted by Crippen LogP contribution is 2.13. The third-order valence-electron chi connectivity index (χ3n) is 3.10. The fourth-order valence-electron chi connectivity index (χ4n) is 2.06. The molecular weight excluding hydrogens is 270 g/mol. The first-order chi connectivity index (χ1) is 9.83. The molecule has 0 unspecified atom stereocenters. The molecule has 0 bridgehead atoms. The quantitative estimate of drug-likeness (QED) is 0.507. The molecule has 0 aromatic carbocycles. The van der Waals surface area contributed by atoms with Crippen molar-refractivity contribution in [2.24, 2.45) is 17.6 Å². The molecule has 0 saturated heterocycles. The Balaban J connectivity index is 0. The second-order valence-corrected chi connectivity index (χ2v) is 5.89. The molecule has 0 aromatic heterocycles. The van der Waals surface area contributed by atoms with Crippen LogP contribution in [0.15, 0.2) is 0 Å². The smallest absolute Gasteiger partial charge is 0.303 e. The lowest BCUT2D eigenvalue weighted by atomic mass is 9.94. The second-order valence-electron chi connectivity index (χ2n) is 5.89. The van der Waals surface area contributed by atoms with Crippen molar-refractivity contribution in [3.05, 3.63) is 0 Å². The molecule has 1 atom stereocenters. The highest BCUT2D eigenvalue weighted by molar-refractivity contribution is 5.67. The van der Waals surface area contributed by atoms with Crippen molar-refractivity contribution in [2.75, 3.05) is 6.54 Å². The topological polar surface area (TPSA) is 101 Å². The molecule has 0 rings (SSSR count). The number of unbranched alkanes of at least 4 members (excludes halogenated alkanes) is 4. The number of nitrogens with two attached hydrogens (primary N) is 1. The lowest BCUT2D eigenvalue weighted by Gasteiger charge is -2.13. The molecule has 0 saturated carbocycles. The van der Waals surface area contributed by atoms with Gasteiger partial charge in [0.1, 0.15) is 0 Å². The predicted octanol–water partition coefficient (Wildman–Crippen LogP) is 3.51. The number of aliphatic carboxylic acids is 2. The van der Waals surface area contributed by atoms with Crippen LogP contribution in [0.3, 0.4) is 0 Å². The number of rotatable bonds is 11. The van der Waals surface area contributed by atoms with Crippen LogP contribution < -0.4 is 5.73 Å². The van der Waals surface area contributed by atoms with Crippen LogP contribution in [-0.2, 0) is 9.59 Å². The van der Waals surface area contributed by atoms with Gasteiger partial charge in [-0.15, -0.1) is 0 Å². The van der Waals surface area contributed by atoms with Gasteiger partial charge in [-0.25, -0.2) is 0 Å². The first-order valence-corrected chi connectivity index (χ1v) is 7.97. The Morgan fingerprint density at radius 2 is 1.57 bits per heavy atom. The van der Waals surface area contributed by atoms with Gasteiger partial charge >= 0.3 is 11.9 Å². The zero-order valence-electron chi connectivity index (χ0n) is 13.8. The van der Waals surface area contributed by atoms with Gasteiger partial charge in [0.25, 0.3) is 0 Å². The van der Waals surface area contributed by atoms with Gasteiger partial charge in [0, 0.05) is 12.8 Å². The highest BCUT2D eigenvalue weighted by atomic mass is 16.4. The normalized spacial score (nSPS) is 11.7. The van der Waals surface area contributed by atoms with E-state index >= 15 is 0 Å². The summed E-state index contributed by atoms with van der Waals surface area (Å²) in [5.74, 6) is -0.743. The summed E-state index contributed by atoms with van der Waals surface area (Å²) in [4.78, 5) is 20.3. The van der Waals surface area contributed by atoms with Crippen molar-refractivity contribution in [3.8, 4) is 0 Å². The van der Waals surface area contributed by atoms with Crippen LogP contribution in [0.25, 0.3) is 0 Å². The fourth-order valence-corrected chi connectivity index (χ4v) is 2.06. The van der Waals surface area contributed by atoms with Crippen molar-refractivity contribution in [2.45, 2.75) is 72.1 Å². The summed E-state index contributed by atoms with van der Waals surface area (Å²) < 4.78 is 0. The summed E-state index contributed by atoms with van der Waals surface area (Å²) in [6, 6.07) is 0. The number of carbonyl (C=O) groups is 2. The summed E-state index contributed by atoms with van der Waals surface area (Å²) in [6.45, 7) is 6.77. The highest BCUT2D eigenvalue weighted by Gasteiger charge is 2.12. The first-order valence-electron chi connectivity index (χ1n) is 7.97. The molecule has 4 N–H and O–H groups in total. The average Bonchev–Trinajstić information content (AvgIpc) is 2.37. The third-order valence-corrected chi connectivity index (χ3v) is 3.10. The summed E-state index contributed by atoms with van der Waals surface area (Å²) in [5, 5.41) is 16.7. The Labute approximate surface area is 128 Å². The van der Waals surface area contributed by atoms with Crippen molar-refractivity contribution >= 4 is 11.9 Å². The Morgan fingerprint density at radius 3 is 1.95 bits per heavy atom. The maximum absolute atomic E-state index is 10.3. The molecule has 0 aromatic rings. The van der Waals surface area contributed by atoms with Crippen molar-refractivity contribution < 1.29 is 19.8 Å². The summed E-state index contributed by atoms with van der Waals surface area (Å²) >= 11 is 0. The van der Waals surface area contributed by atoms with E-state index in [1.165, 1.54) is 19.3 Å². The molecule has 0 aliphatic carbocycles. The predicted molar refractivity (Wildman–Crippen MR) is 85.3 cm³/mol. The largest absolute Gasteiger partial charge is 0.481 e. The van der Waals surface area contributed by atoms with Gasteiger partial charge in [-0.05, 0) is 31.2 Å². The number of hydrogen-bond acceptors (Lipinski definition) is 3. The third kappa shape index (κ3) is 21.4. The monoisotopic (exact) mass is 303 g/mol. The van der Waals surface area contributed by atoms with Crippen LogP contribution in [0.5, 0.6) is 0 Å². The Hall–Kier alpha value is -1.10. The molecule has 5 heteroatoms. The van der Waals surface area contributed by atoms with E-state index in [4.69, 9.17) is 15.9 Å². The van der Waals surface area contributed by atoms with Crippen molar-refractivity contribution in [3.63, 3.8) is 0 Å². The van der Waals surface area contributed by atoms with E-state index in [9.17, 15) is 9.59 Å². The van der Waals surface area contributed by atoms with E-state index in [1.54, 1.807) is 0 Å². The minimum Gasteiger partial charge on any atom is -0.481 e. The lowest BCUT2D eigenvalue weighted by molar-refractivity contribution is -0.138. The van der Waals surface area contributed by atoms with Crippen LogP contribution in [0.1, 0.15) is 72.1 Å². The maximum atomic E-state index is 10.3. The lowest BCUT2D eigenvalue weighted by Crippen LogP contribution is -2.19. The van der Waals surface area contributed by atoms with Gasteiger partial charge in [0.05, 0.1) is 0 Å². The first kappa shape index (κ1) is 22.2. The standard InChI is InChI=1S/C8H17NO2.C8H16O2/c1-6(2)3-7(5-9)4-8(10)11;1-2-3-4-5-6-7-8(9)10/h6-7H,3-5,9H2,1-2H3,(H,10,11);2-7H2,1H3,(H,9,10)/t7-;/m0./s1. The molecule has 0 radical (unpaired) electrons. The molecule has 21 heavy (non-hydrogen) atoms. The molecular formula is C16H33NO4. The summed E-state index contributed by atoms with van der Waals surface area (Å²) in [7, 11) is 0. The van der Waals surface area contributed by atoms with Crippen LogP contribution in [0.2, 0.25) is 0 Å². The van der Waals surface area contributed by atoms with Crippen molar-refractivity contribution in [1.29, 1.82) is 0 Å². The molecule has 0 amide bonds.